The Morgan fingerprint density at radius 2 is 2.09 bits per heavy atom. The van der Waals surface area contributed by atoms with Crippen molar-refractivity contribution in [3.8, 4) is 0 Å². The van der Waals surface area contributed by atoms with E-state index in [0.717, 1.165) is 0 Å². The minimum absolute atomic E-state index is 0.166. The molecule has 0 spiro atoms. The van der Waals surface area contributed by atoms with Crippen LogP contribution < -0.4 is 5.73 Å². The van der Waals surface area contributed by atoms with Crippen molar-refractivity contribution in [3.05, 3.63) is 0 Å². The van der Waals surface area contributed by atoms with Crippen molar-refractivity contribution in [2.75, 3.05) is 5.75 Å². The molecular formula is C4H8ClNO4S. The van der Waals surface area contributed by atoms with Crippen LogP contribution in [0.3, 0.4) is 0 Å². The summed E-state index contributed by atoms with van der Waals surface area (Å²) in [5.74, 6) is -1.65. The van der Waals surface area contributed by atoms with E-state index in [1.165, 1.54) is 0 Å². The molecule has 66 valence electrons. The van der Waals surface area contributed by atoms with Crippen molar-refractivity contribution in [1.29, 1.82) is 0 Å². The molecule has 0 saturated carbocycles. The lowest BCUT2D eigenvalue weighted by Gasteiger charge is -2.02. The van der Waals surface area contributed by atoms with Crippen LogP contribution in [0.1, 0.15) is 6.42 Å². The van der Waals surface area contributed by atoms with Crippen LogP contribution in [0.4, 0.5) is 0 Å². The van der Waals surface area contributed by atoms with Gasteiger partial charge in [0.05, 0.1) is 5.75 Å². The highest BCUT2D eigenvalue weighted by molar-refractivity contribution is 8.13. The van der Waals surface area contributed by atoms with Gasteiger partial charge in [0.15, 0.2) is 0 Å². The van der Waals surface area contributed by atoms with Crippen molar-refractivity contribution >= 4 is 25.7 Å². The van der Waals surface area contributed by atoms with Crippen LogP contribution in [-0.4, -0.2) is 31.3 Å². The first-order chi connectivity index (χ1) is 4.83. The number of carboxylic acids is 1. The van der Waals surface area contributed by atoms with Crippen LogP contribution in [0.15, 0.2) is 0 Å². The highest BCUT2D eigenvalue weighted by Crippen LogP contribution is 2.00. The lowest BCUT2D eigenvalue weighted by Crippen LogP contribution is -2.31. The second-order valence-corrected chi connectivity index (χ2v) is 4.87. The molecule has 0 bridgehead atoms. The third-order valence-corrected chi connectivity index (χ3v) is 2.18. The maximum absolute atomic E-state index is 10.3. The normalized spacial score (nSPS) is 14.4. The van der Waals surface area contributed by atoms with E-state index in [-0.39, 0.29) is 6.42 Å². The maximum Gasteiger partial charge on any atom is 0.320 e. The molecule has 0 unspecified atom stereocenters. The number of carbonyl (C=O) groups is 1. The van der Waals surface area contributed by atoms with E-state index in [0.29, 0.717) is 0 Å². The summed E-state index contributed by atoms with van der Waals surface area (Å²) < 4.78 is 20.6. The summed E-state index contributed by atoms with van der Waals surface area (Å²) in [7, 11) is 1.18. The van der Waals surface area contributed by atoms with Crippen molar-refractivity contribution in [3.63, 3.8) is 0 Å². The summed E-state index contributed by atoms with van der Waals surface area (Å²) in [4.78, 5) is 10.1. The molecule has 0 aliphatic heterocycles. The van der Waals surface area contributed by atoms with Gasteiger partial charge in [-0.25, -0.2) is 8.42 Å². The SMILES string of the molecule is N[C@@H](CCS(=O)(=O)Cl)C(=O)O. The molecule has 0 fully saturated rings. The Labute approximate surface area is 68.6 Å². The number of rotatable bonds is 4. The van der Waals surface area contributed by atoms with E-state index in [9.17, 15) is 13.2 Å². The van der Waals surface area contributed by atoms with Gasteiger partial charge in [-0.15, -0.1) is 0 Å². The minimum atomic E-state index is -3.62. The van der Waals surface area contributed by atoms with Crippen LogP contribution in [0.25, 0.3) is 0 Å². The van der Waals surface area contributed by atoms with Gasteiger partial charge in [-0.2, -0.15) is 0 Å². The van der Waals surface area contributed by atoms with E-state index in [1.807, 2.05) is 0 Å². The summed E-state index contributed by atoms with van der Waals surface area (Å²) in [5, 5.41) is 8.22. The molecule has 1 atom stereocenters. The van der Waals surface area contributed by atoms with Gasteiger partial charge >= 0.3 is 5.97 Å². The van der Waals surface area contributed by atoms with Crippen molar-refractivity contribution in [2.45, 2.75) is 12.5 Å². The van der Waals surface area contributed by atoms with E-state index in [4.69, 9.17) is 21.5 Å². The van der Waals surface area contributed by atoms with Crippen LogP contribution in [0, 0.1) is 0 Å². The second-order valence-electron chi connectivity index (χ2n) is 1.98. The molecule has 0 rings (SSSR count). The van der Waals surface area contributed by atoms with Gasteiger partial charge < -0.3 is 10.8 Å². The van der Waals surface area contributed by atoms with Gasteiger partial charge in [-0.3, -0.25) is 4.79 Å². The molecule has 0 heterocycles. The molecule has 0 aliphatic rings. The van der Waals surface area contributed by atoms with Crippen LogP contribution in [-0.2, 0) is 13.8 Å². The van der Waals surface area contributed by atoms with Crippen molar-refractivity contribution in [1.82, 2.24) is 0 Å². The Balaban J connectivity index is 3.82. The molecule has 0 aromatic rings. The Morgan fingerprint density at radius 3 is 2.36 bits per heavy atom. The molecule has 0 aromatic heterocycles. The fourth-order valence-corrected chi connectivity index (χ4v) is 1.19. The lowest BCUT2D eigenvalue weighted by atomic mass is 10.2. The summed E-state index contributed by atoms with van der Waals surface area (Å²) in [6.45, 7) is 0. The van der Waals surface area contributed by atoms with E-state index >= 15 is 0 Å². The average molecular weight is 202 g/mol. The predicted octanol–water partition coefficient (Wildman–Crippen LogP) is -0.643. The van der Waals surface area contributed by atoms with Crippen molar-refractivity contribution < 1.29 is 18.3 Å². The quantitative estimate of drug-likeness (QED) is 0.590. The first-order valence-corrected chi connectivity index (χ1v) is 5.21. The Kier molecular flexibility index (Phi) is 3.77. The third-order valence-electron chi connectivity index (χ3n) is 0.990. The first-order valence-electron chi connectivity index (χ1n) is 2.73. The monoisotopic (exact) mass is 201 g/mol. The molecule has 0 saturated heterocycles. The summed E-state index contributed by atoms with van der Waals surface area (Å²) in [6, 6.07) is -1.16. The molecule has 0 radical (unpaired) electrons. The van der Waals surface area contributed by atoms with Gasteiger partial charge in [-0.1, -0.05) is 0 Å². The van der Waals surface area contributed by atoms with Gasteiger partial charge in [0.2, 0.25) is 9.05 Å². The highest BCUT2D eigenvalue weighted by Gasteiger charge is 2.15. The van der Waals surface area contributed by atoms with Gasteiger partial charge in [0.25, 0.3) is 0 Å². The lowest BCUT2D eigenvalue weighted by molar-refractivity contribution is -0.138. The van der Waals surface area contributed by atoms with E-state index in [1.54, 1.807) is 0 Å². The number of nitrogens with two attached hydrogens (primary N) is 1. The molecule has 0 amide bonds. The minimum Gasteiger partial charge on any atom is -0.480 e. The highest BCUT2D eigenvalue weighted by atomic mass is 35.7. The van der Waals surface area contributed by atoms with Crippen LogP contribution >= 0.6 is 10.7 Å². The summed E-state index contributed by atoms with van der Waals surface area (Å²) in [5.41, 5.74) is 5.00. The van der Waals surface area contributed by atoms with Gasteiger partial charge in [0, 0.05) is 10.7 Å². The maximum atomic E-state index is 10.3. The predicted molar refractivity (Wildman–Crippen MR) is 39.9 cm³/mol. The van der Waals surface area contributed by atoms with Crippen LogP contribution in [0.5, 0.6) is 0 Å². The first kappa shape index (κ1) is 10.7. The second kappa shape index (κ2) is 3.89. The van der Waals surface area contributed by atoms with E-state index in [2.05, 4.69) is 0 Å². The van der Waals surface area contributed by atoms with Crippen LogP contribution in [0.2, 0.25) is 0 Å². The topological polar surface area (TPSA) is 97.5 Å². The van der Waals surface area contributed by atoms with Crippen molar-refractivity contribution in [2.24, 2.45) is 5.73 Å². The standard InChI is InChI=1S/C4H8ClNO4S/c5-11(9,10)2-1-3(6)4(7)8/h3H,1-2,6H2,(H,7,8)/t3-/m0/s1. The third kappa shape index (κ3) is 6.08. The molecule has 0 aromatic carbocycles. The molecule has 3 N–H and O–H groups in total. The zero-order valence-corrected chi connectivity index (χ0v) is 7.10. The van der Waals surface area contributed by atoms with Gasteiger partial charge in [0.1, 0.15) is 6.04 Å². The zero-order valence-electron chi connectivity index (χ0n) is 5.53. The fourth-order valence-electron chi connectivity index (χ4n) is 0.391. The molecule has 11 heavy (non-hydrogen) atoms. The van der Waals surface area contributed by atoms with E-state index < -0.39 is 26.8 Å². The molecule has 7 heteroatoms. The number of hydrogen-bond donors (Lipinski definition) is 2. The Bertz CT molecular complexity index is 236. The largest absolute Gasteiger partial charge is 0.480 e. The number of carboxylic acid groups (broad SMARTS) is 1. The summed E-state index contributed by atoms with van der Waals surface area (Å²) >= 11 is 0. The molecule has 0 aliphatic carbocycles. The smallest absolute Gasteiger partial charge is 0.320 e. The number of aliphatic carboxylic acids is 1. The Hall–Kier alpha value is -0.330. The molecular weight excluding hydrogens is 194 g/mol. The number of hydrogen-bond acceptors (Lipinski definition) is 4. The average Bonchev–Trinajstić information content (AvgIpc) is 1.80. The molecule has 5 nitrogen and oxygen atoms in total. The fraction of sp³-hybridized carbons (Fsp3) is 0.750. The summed E-state index contributed by atoms with van der Waals surface area (Å²) in [6.07, 6.45) is -0.166. The number of halogens is 1. The zero-order chi connectivity index (χ0) is 9.07. The Morgan fingerprint density at radius 1 is 1.64 bits per heavy atom. The van der Waals surface area contributed by atoms with Gasteiger partial charge in [-0.05, 0) is 6.42 Å².